The van der Waals surface area contributed by atoms with Crippen molar-refractivity contribution in [3.63, 3.8) is 0 Å². The third-order valence-corrected chi connectivity index (χ3v) is 4.50. The van der Waals surface area contributed by atoms with Gasteiger partial charge in [0.2, 0.25) is 11.9 Å². The van der Waals surface area contributed by atoms with Crippen LogP contribution in [0.25, 0.3) is 0 Å². The molecule has 116 valence electrons. The fourth-order valence-electron chi connectivity index (χ4n) is 3.27. The lowest BCUT2D eigenvalue weighted by molar-refractivity contribution is -0.135. The number of aromatic nitrogens is 2. The monoisotopic (exact) mass is 299 g/mol. The molecule has 6 heteroatoms. The maximum atomic E-state index is 12.4. The molecular weight excluding hydrogens is 278 g/mol. The Kier molecular flexibility index (Phi) is 4.23. The number of hydrogen-bond donors (Lipinski definition) is 0. The van der Waals surface area contributed by atoms with Gasteiger partial charge in [-0.15, -0.1) is 0 Å². The minimum Gasteiger partial charge on any atom is -0.342 e. The molecule has 0 N–H and O–H groups in total. The second kappa shape index (κ2) is 6.30. The predicted molar refractivity (Wildman–Crippen MR) is 82.2 cm³/mol. The number of carbonyl (C=O) groups is 1. The molecule has 1 amide bonds. The van der Waals surface area contributed by atoms with Gasteiger partial charge in [-0.2, -0.15) is 5.26 Å². The Hall–Kier alpha value is -2.16. The molecule has 2 aliphatic rings. The first-order chi connectivity index (χ1) is 10.7. The van der Waals surface area contributed by atoms with Crippen LogP contribution in [0.3, 0.4) is 0 Å². The molecule has 0 spiro atoms. The van der Waals surface area contributed by atoms with Gasteiger partial charge in [0.25, 0.3) is 0 Å². The van der Waals surface area contributed by atoms with E-state index < -0.39 is 0 Å². The van der Waals surface area contributed by atoms with Crippen LogP contribution in [-0.2, 0) is 4.79 Å². The van der Waals surface area contributed by atoms with E-state index in [9.17, 15) is 4.79 Å². The molecular formula is C16H21N5O. The highest BCUT2D eigenvalue weighted by Gasteiger charge is 2.30. The van der Waals surface area contributed by atoms with Crippen LogP contribution in [0.5, 0.6) is 0 Å². The Morgan fingerprint density at radius 3 is 2.55 bits per heavy atom. The molecule has 0 bridgehead atoms. The number of nitrogens with zero attached hydrogens (tertiary/aromatic N) is 5. The van der Waals surface area contributed by atoms with Crippen LogP contribution >= 0.6 is 0 Å². The zero-order chi connectivity index (χ0) is 15.5. The largest absolute Gasteiger partial charge is 0.342 e. The van der Waals surface area contributed by atoms with Gasteiger partial charge in [0.1, 0.15) is 11.8 Å². The molecule has 2 saturated heterocycles. The molecule has 0 aromatic carbocycles. The molecule has 0 atom stereocenters. The summed E-state index contributed by atoms with van der Waals surface area (Å²) in [5.41, 5.74) is 1.20. The first kappa shape index (κ1) is 14.8. The van der Waals surface area contributed by atoms with Gasteiger partial charge >= 0.3 is 0 Å². The third-order valence-electron chi connectivity index (χ3n) is 4.50. The molecule has 1 aromatic rings. The quantitative estimate of drug-likeness (QED) is 0.827. The van der Waals surface area contributed by atoms with E-state index in [-0.39, 0.29) is 5.92 Å². The Labute approximate surface area is 130 Å². The average Bonchev–Trinajstić information content (AvgIpc) is 3.08. The number of aryl methyl sites for hydroxylation is 1. The Morgan fingerprint density at radius 1 is 1.23 bits per heavy atom. The number of hydrogen-bond acceptors (Lipinski definition) is 5. The van der Waals surface area contributed by atoms with Crippen molar-refractivity contribution in [1.82, 2.24) is 14.9 Å². The van der Waals surface area contributed by atoms with Crippen molar-refractivity contribution in [3.05, 3.63) is 17.5 Å². The first-order valence-electron chi connectivity index (χ1n) is 7.97. The second-order valence-electron chi connectivity index (χ2n) is 6.10. The third kappa shape index (κ3) is 3.03. The van der Waals surface area contributed by atoms with E-state index in [1.807, 2.05) is 11.8 Å². The zero-order valence-electron chi connectivity index (χ0n) is 13.0. The average molecular weight is 299 g/mol. The van der Waals surface area contributed by atoms with E-state index in [1.54, 1.807) is 6.07 Å². The molecule has 0 unspecified atom stereocenters. The minimum atomic E-state index is 0.134. The van der Waals surface area contributed by atoms with Gasteiger partial charge in [-0.05, 0) is 38.7 Å². The van der Waals surface area contributed by atoms with Gasteiger partial charge in [-0.3, -0.25) is 4.79 Å². The number of nitriles is 1. The lowest BCUT2D eigenvalue weighted by atomic mass is 9.95. The molecule has 3 heterocycles. The predicted octanol–water partition coefficient (Wildman–Crippen LogP) is 1.50. The number of likely N-dealkylation sites (tertiary alicyclic amines) is 1. The normalized spacial score (nSPS) is 19.3. The maximum absolute atomic E-state index is 12.4. The van der Waals surface area contributed by atoms with Crippen LogP contribution < -0.4 is 4.90 Å². The highest BCUT2D eigenvalue weighted by atomic mass is 16.2. The highest BCUT2D eigenvalue weighted by molar-refractivity contribution is 5.79. The summed E-state index contributed by atoms with van der Waals surface area (Å²) in [4.78, 5) is 25.2. The van der Waals surface area contributed by atoms with Crippen molar-refractivity contribution in [2.24, 2.45) is 5.92 Å². The lowest BCUT2D eigenvalue weighted by Crippen LogP contribution is -2.42. The lowest BCUT2D eigenvalue weighted by Gasteiger charge is -2.33. The second-order valence-corrected chi connectivity index (χ2v) is 6.10. The molecule has 0 radical (unpaired) electrons. The summed E-state index contributed by atoms with van der Waals surface area (Å²) in [6, 6.07) is 3.76. The van der Waals surface area contributed by atoms with Crippen LogP contribution in [0.4, 0.5) is 5.95 Å². The van der Waals surface area contributed by atoms with Gasteiger partial charge < -0.3 is 9.80 Å². The van der Waals surface area contributed by atoms with E-state index in [4.69, 9.17) is 5.26 Å². The Morgan fingerprint density at radius 2 is 1.91 bits per heavy atom. The van der Waals surface area contributed by atoms with Gasteiger partial charge in [0.15, 0.2) is 0 Å². The Bertz CT molecular complexity index is 595. The van der Waals surface area contributed by atoms with Crippen LogP contribution in [-0.4, -0.2) is 47.0 Å². The molecule has 2 fully saturated rings. The van der Waals surface area contributed by atoms with Crippen LogP contribution in [0.2, 0.25) is 0 Å². The fourth-order valence-corrected chi connectivity index (χ4v) is 3.27. The van der Waals surface area contributed by atoms with Crippen molar-refractivity contribution < 1.29 is 4.79 Å². The van der Waals surface area contributed by atoms with E-state index in [0.717, 1.165) is 57.6 Å². The summed E-state index contributed by atoms with van der Waals surface area (Å²) in [5.74, 6) is 1.07. The number of rotatable bonds is 2. The van der Waals surface area contributed by atoms with Crippen molar-refractivity contribution in [2.45, 2.75) is 32.6 Å². The van der Waals surface area contributed by atoms with Crippen molar-refractivity contribution in [1.29, 1.82) is 5.26 Å². The Balaban J connectivity index is 1.63. The van der Waals surface area contributed by atoms with E-state index >= 15 is 0 Å². The van der Waals surface area contributed by atoms with Crippen molar-refractivity contribution >= 4 is 11.9 Å². The van der Waals surface area contributed by atoms with Crippen LogP contribution in [0, 0.1) is 24.2 Å². The number of piperidine rings is 1. The summed E-state index contributed by atoms with van der Waals surface area (Å²) in [6.07, 6.45) is 3.96. The molecule has 6 nitrogen and oxygen atoms in total. The fraction of sp³-hybridized carbons (Fsp3) is 0.625. The number of amides is 1. The molecule has 2 aliphatic heterocycles. The van der Waals surface area contributed by atoms with Crippen LogP contribution in [0.1, 0.15) is 37.1 Å². The summed E-state index contributed by atoms with van der Waals surface area (Å²) in [7, 11) is 0. The van der Waals surface area contributed by atoms with E-state index in [0.29, 0.717) is 17.5 Å². The smallest absolute Gasteiger partial charge is 0.226 e. The number of carbonyl (C=O) groups excluding carboxylic acids is 1. The summed E-state index contributed by atoms with van der Waals surface area (Å²) in [6.45, 7) is 5.27. The highest BCUT2D eigenvalue weighted by Crippen LogP contribution is 2.24. The topological polar surface area (TPSA) is 73.1 Å². The zero-order valence-corrected chi connectivity index (χ0v) is 13.0. The van der Waals surface area contributed by atoms with E-state index in [1.165, 1.54) is 0 Å². The summed E-state index contributed by atoms with van der Waals surface area (Å²) in [5, 5.41) is 9.01. The van der Waals surface area contributed by atoms with Crippen LogP contribution in [0.15, 0.2) is 6.07 Å². The van der Waals surface area contributed by atoms with E-state index in [2.05, 4.69) is 20.9 Å². The van der Waals surface area contributed by atoms with Gasteiger partial charge in [-0.25, -0.2) is 9.97 Å². The first-order valence-corrected chi connectivity index (χ1v) is 7.97. The molecule has 0 aliphatic carbocycles. The van der Waals surface area contributed by atoms with Crippen molar-refractivity contribution in [3.8, 4) is 6.07 Å². The maximum Gasteiger partial charge on any atom is 0.226 e. The minimum absolute atomic E-state index is 0.134. The van der Waals surface area contributed by atoms with Gasteiger partial charge in [0.05, 0.1) is 0 Å². The number of anilines is 1. The molecule has 22 heavy (non-hydrogen) atoms. The summed E-state index contributed by atoms with van der Waals surface area (Å²) >= 11 is 0. The van der Waals surface area contributed by atoms with Gasteiger partial charge in [0, 0.05) is 37.8 Å². The SMILES string of the molecule is Cc1cc(C#N)nc(N2CCC(C(=O)N3CCCC3)CC2)n1. The van der Waals surface area contributed by atoms with Gasteiger partial charge in [-0.1, -0.05) is 0 Å². The summed E-state index contributed by atoms with van der Waals surface area (Å²) < 4.78 is 0. The molecule has 1 aromatic heterocycles. The molecule has 3 rings (SSSR count). The standard InChI is InChI=1S/C16H21N5O/c1-12-10-14(11-17)19-16(18-12)21-8-4-13(5-9-21)15(22)20-6-2-3-7-20/h10,13H,2-9H2,1H3. The van der Waals surface area contributed by atoms with Crippen molar-refractivity contribution in [2.75, 3.05) is 31.1 Å². The molecule has 0 saturated carbocycles.